The van der Waals surface area contributed by atoms with Crippen LogP contribution in [0.15, 0.2) is 36.7 Å². The van der Waals surface area contributed by atoms with Crippen molar-refractivity contribution in [2.75, 3.05) is 24.7 Å². The van der Waals surface area contributed by atoms with Gasteiger partial charge in [-0.2, -0.15) is 15.1 Å². The molecule has 0 radical (unpaired) electrons. The van der Waals surface area contributed by atoms with Gasteiger partial charge in [-0.05, 0) is 32.9 Å². The Balaban J connectivity index is 1.62. The first-order valence-electron chi connectivity index (χ1n) is 12.7. The van der Waals surface area contributed by atoms with Crippen LogP contribution in [0.25, 0.3) is 11.2 Å². The van der Waals surface area contributed by atoms with Gasteiger partial charge in [0, 0.05) is 7.05 Å². The third-order valence-corrected chi connectivity index (χ3v) is 8.40. The molecule has 0 saturated carbocycles. The number of carbonyl (C=O) groups is 1. The molecule has 3 aromatic rings. The van der Waals surface area contributed by atoms with Crippen LogP contribution in [0.2, 0.25) is 0 Å². The van der Waals surface area contributed by atoms with Crippen molar-refractivity contribution in [3.05, 3.63) is 36.7 Å². The summed E-state index contributed by atoms with van der Waals surface area (Å²) in [7, 11) is -2.86. The number of hydrogen-bond donors (Lipinski definition) is 4. The molecule has 230 valence electrons. The minimum atomic E-state index is -4.41. The SMILES string of the molecule is CNc1nc(N)nc2c1ncn2[C@@H]1O[C@H](CO[P@](=O)(N[C@@H](C)C(=O)OC(C)C)Oc2ccccc2)[C@@H](O)[C@]1(Cl)C(F)F. The average Bonchev–Trinajstić information content (AvgIpc) is 3.45. The summed E-state index contributed by atoms with van der Waals surface area (Å²) in [6, 6.07) is 6.73. The van der Waals surface area contributed by atoms with Crippen LogP contribution in [0.5, 0.6) is 5.75 Å². The fourth-order valence-electron chi connectivity index (χ4n) is 4.21. The Morgan fingerprint density at radius 2 is 1.98 bits per heavy atom. The van der Waals surface area contributed by atoms with E-state index in [0.29, 0.717) is 0 Å². The topological polar surface area (TPSA) is 185 Å². The highest BCUT2D eigenvalue weighted by Gasteiger charge is 2.62. The average molecular weight is 634 g/mol. The maximum atomic E-state index is 14.5. The van der Waals surface area contributed by atoms with Crippen LogP contribution in [0.1, 0.15) is 27.0 Å². The standard InChI is InChI=1S/C24H31ClF2N7O7P/c1-12(2)39-20(36)13(3)33-42(37,41-14-8-6-5-7-9-14)38-10-15-17(35)24(25,21(26)27)22(40-15)34-11-30-16-18(29-4)31-23(28)32-19(16)34/h5-9,11-13,15,17,21-22,35H,10H2,1-4H3,(H,33,37)(H3,28,29,31,32)/t13-,15+,17+,22+,24-,42+/m0/s1. The highest BCUT2D eigenvalue weighted by molar-refractivity contribution is 7.52. The van der Waals surface area contributed by atoms with Crippen molar-refractivity contribution >= 4 is 48.2 Å². The summed E-state index contributed by atoms with van der Waals surface area (Å²) in [5, 5.41) is 16.2. The number of halogens is 3. The molecule has 4 rings (SSSR count). The number of hydrogen-bond acceptors (Lipinski definition) is 12. The number of nitrogen functional groups attached to an aromatic ring is 1. The van der Waals surface area contributed by atoms with Gasteiger partial charge in [-0.1, -0.05) is 18.2 Å². The number of aliphatic hydroxyl groups excluding tert-OH is 1. The molecule has 0 aliphatic carbocycles. The van der Waals surface area contributed by atoms with Crippen molar-refractivity contribution < 1.29 is 41.8 Å². The fraction of sp³-hybridized carbons (Fsp3) is 0.500. The second-order valence-corrected chi connectivity index (χ2v) is 12.0. The van der Waals surface area contributed by atoms with E-state index < -0.39 is 62.2 Å². The van der Waals surface area contributed by atoms with Gasteiger partial charge in [0.15, 0.2) is 28.1 Å². The number of aliphatic hydroxyl groups is 1. The molecule has 0 unspecified atom stereocenters. The highest BCUT2D eigenvalue weighted by atomic mass is 35.5. The van der Waals surface area contributed by atoms with Crippen LogP contribution in [-0.4, -0.2) is 79.9 Å². The minimum absolute atomic E-state index is 0.00790. The lowest BCUT2D eigenvalue weighted by molar-refractivity contribution is -0.149. The van der Waals surface area contributed by atoms with Crippen molar-refractivity contribution in [3.63, 3.8) is 0 Å². The van der Waals surface area contributed by atoms with Crippen molar-refractivity contribution in [2.45, 2.75) is 62.7 Å². The predicted molar refractivity (Wildman–Crippen MR) is 148 cm³/mol. The molecule has 2 aromatic heterocycles. The van der Waals surface area contributed by atoms with Gasteiger partial charge in [0.05, 0.1) is 19.0 Å². The van der Waals surface area contributed by atoms with E-state index in [0.717, 1.165) is 10.9 Å². The van der Waals surface area contributed by atoms with Crippen molar-refractivity contribution in [1.82, 2.24) is 24.6 Å². The summed E-state index contributed by atoms with van der Waals surface area (Å²) >= 11 is 6.38. The number of carbonyl (C=O) groups excluding carboxylic acids is 1. The number of ether oxygens (including phenoxy) is 2. The summed E-state index contributed by atoms with van der Waals surface area (Å²) in [6.45, 7) is 3.92. The molecule has 6 atom stereocenters. The van der Waals surface area contributed by atoms with E-state index in [-0.39, 0.29) is 28.7 Å². The van der Waals surface area contributed by atoms with Crippen LogP contribution < -0.4 is 20.7 Å². The highest BCUT2D eigenvalue weighted by Crippen LogP contribution is 2.51. The molecule has 18 heteroatoms. The van der Waals surface area contributed by atoms with E-state index in [9.17, 15) is 23.2 Å². The monoisotopic (exact) mass is 633 g/mol. The van der Waals surface area contributed by atoms with Crippen molar-refractivity contribution in [2.24, 2.45) is 0 Å². The largest absolute Gasteiger partial charge is 0.462 e. The van der Waals surface area contributed by atoms with E-state index >= 15 is 0 Å². The Morgan fingerprint density at radius 1 is 1.29 bits per heavy atom. The van der Waals surface area contributed by atoms with E-state index in [2.05, 4.69) is 25.4 Å². The number of esters is 1. The summed E-state index contributed by atoms with van der Waals surface area (Å²) < 4.78 is 65.9. The number of rotatable bonds is 12. The number of nitrogens with zero attached hydrogens (tertiary/aromatic N) is 4. The first-order chi connectivity index (χ1) is 19.8. The van der Waals surface area contributed by atoms with Crippen molar-refractivity contribution in [3.8, 4) is 5.75 Å². The third kappa shape index (κ3) is 6.43. The lowest BCUT2D eigenvalue weighted by Crippen LogP contribution is -2.48. The van der Waals surface area contributed by atoms with Crippen LogP contribution in [0.3, 0.4) is 0 Å². The second kappa shape index (κ2) is 12.6. The predicted octanol–water partition coefficient (Wildman–Crippen LogP) is 3.08. The summed E-state index contributed by atoms with van der Waals surface area (Å²) in [4.78, 5) is 21.9. The Hall–Kier alpha value is -3.14. The molecule has 1 aromatic carbocycles. The summed E-state index contributed by atoms with van der Waals surface area (Å²) in [6.07, 6.45) is -7.94. The van der Waals surface area contributed by atoms with E-state index in [4.69, 9.17) is 35.9 Å². The second-order valence-electron chi connectivity index (χ2n) is 9.64. The van der Waals surface area contributed by atoms with E-state index in [1.807, 2.05) is 0 Å². The number of para-hydroxylation sites is 1. The van der Waals surface area contributed by atoms with Crippen LogP contribution >= 0.6 is 19.3 Å². The molecule has 1 fully saturated rings. The van der Waals surface area contributed by atoms with Gasteiger partial charge in [0.25, 0.3) is 6.43 Å². The Kier molecular flexibility index (Phi) is 9.55. The van der Waals surface area contributed by atoms with Gasteiger partial charge in [-0.25, -0.2) is 18.3 Å². The molecule has 3 heterocycles. The van der Waals surface area contributed by atoms with Crippen molar-refractivity contribution in [1.29, 1.82) is 0 Å². The van der Waals surface area contributed by atoms with Crippen LogP contribution in [0.4, 0.5) is 20.5 Å². The van der Waals surface area contributed by atoms with Gasteiger partial charge < -0.3 is 30.2 Å². The minimum Gasteiger partial charge on any atom is -0.462 e. The zero-order chi connectivity index (χ0) is 30.8. The van der Waals surface area contributed by atoms with E-state index in [1.165, 1.54) is 19.1 Å². The van der Waals surface area contributed by atoms with Gasteiger partial charge in [0.1, 0.15) is 24.0 Å². The van der Waals surface area contributed by atoms with Crippen LogP contribution in [0, 0.1) is 0 Å². The molecule has 1 saturated heterocycles. The first-order valence-corrected chi connectivity index (χ1v) is 14.7. The molecule has 1 aliphatic rings. The molecule has 0 spiro atoms. The zero-order valence-electron chi connectivity index (χ0n) is 23.0. The van der Waals surface area contributed by atoms with Gasteiger partial charge >= 0.3 is 13.7 Å². The third-order valence-electron chi connectivity index (χ3n) is 6.19. The number of fused-ring (bicyclic) bond motifs is 1. The number of imidazole rings is 1. The Morgan fingerprint density at radius 3 is 2.60 bits per heavy atom. The van der Waals surface area contributed by atoms with Gasteiger partial charge in [-0.3, -0.25) is 13.9 Å². The van der Waals surface area contributed by atoms with Gasteiger partial charge in [0.2, 0.25) is 5.95 Å². The summed E-state index contributed by atoms with van der Waals surface area (Å²) in [5.74, 6) is -0.582. The fourth-order valence-corrected chi connectivity index (χ4v) is 6.01. The molecule has 0 bridgehead atoms. The van der Waals surface area contributed by atoms with Gasteiger partial charge in [-0.15, -0.1) is 11.6 Å². The number of nitrogens with one attached hydrogen (secondary N) is 2. The zero-order valence-corrected chi connectivity index (χ0v) is 24.6. The van der Waals surface area contributed by atoms with Crippen LogP contribution in [-0.2, 0) is 23.4 Å². The molecule has 42 heavy (non-hydrogen) atoms. The molecule has 14 nitrogen and oxygen atoms in total. The summed E-state index contributed by atoms with van der Waals surface area (Å²) in [5.41, 5.74) is 5.97. The Labute approximate surface area is 244 Å². The number of anilines is 2. The molecule has 0 amide bonds. The maximum Gasteiger partial charge on any atom is 0.459 e. The Bertz CT molecular complexity index is 1450. The quantitative estimate of drug-likeness (QED) is 0.130. The number of nitrogens with two attached hydrogens (primary N) is 1. The molecule has 1 aliphatic heterocycles. The number of benzene rings is 1. The lowest BCUT2D eigenvalue weighted by atomic mass is 9.99. The first kappa shape index (κ1) is 31.8. The molecular formula is C24H31ClF2N7O7P. The maximum absolute atomic E-state index is 14.5. The number of aromatic nitrogens is 4. The molecular weight excluding hydrogens is 603 g/mol. The lowest BCUT2D eigenvalue weighted by Gasteiger charge is -2.29. The van der Waals surface area contributed by atoms with E-state index in [1.54, 1.807) is 39.1 Å². The number of alkyl halides is 3. The molecule has 5 N–H and O–H groups in total. The smallest absolute Gasteiger partial charge is 0.459 e. The normalized spacial score (nSPS) is 24.6.